The van der Waals surface area contributed by atoms with Crippen LogP contribution in [0.1, 0.15) is 32.7 Å². The van der Waals surface area contributed by atoms with Crippen LogP contribution in [0.5, 0.6) is 11.5 Å². The van der Waals surface area contributed by atoms with Gasteiger partial charge in [0, 0.05) is 17.6 Å². The molecular formula is C28H23N5O3. The molecule has 0 amide bonds. The SMILES string of the molecule is Cc1ccc(Oc2ccc(Nc3ncnc4cc(Cc5ccc(C(=O)O)cc5)cnc34)cc2C)cn1. The van der Waals surface area contributed by atoms with Gasteiger partial charge in [-0.25, -0.2) is 14.8 Å². The van der Waals surface area contributed by atoms with E-state index in [0.717, 1.165) is 39.3 Å². The summed E-state index contributed by atoms with van der Waals surface area (Å²) < 4.78 is 5.96. The third-order valence-electron chi connectivity index (χ3n) is 5.69. The highest BCUT2D eigenvalue weighted by molar-refractivity contribution is 5.88. The third-order valence-corrected chi connectivity index (χ3v) is 5.69. The number of carbonyl (C=O) groups is 1. The zero-order valence-corrected chi connectivity index (χ0v) is 19.8. The second-order valence-corrected chi connectivity index (χ2v) is 8.46. The Bertz CT molecular complexity index is 1550. The van der Waals surface area contributed by atoms with Crippen molar-refractivity contribution in [2.75, 3.05) is 5.32 Å². The highest BCUT2D eigenvalue weighted by atomic mass is 16.5. The second kappa shape index (κ2) is 9.79. The number of carboxylic acids is 1. The lowest BCUT2D eigenvalue weighted by Gasteiger charge is -2.12. The van der Waals surface area contributed by atoms with Gasteiger partial charge in [-0.05, 0) is 85.5 Å². The smallest absolute Gasteiger partial charge is 0.335 e. The maximum Gasteiger partial charge on any atom is 0.335 e. The molecule has 5 aromatic rings. The molecule has 178 valence electrons. The maximum absolute atomic E-state index is 11.1. The molecule has 0 radical (unpaired) electrons. The molecule has 5 rings (SSSR count). The summed E-state index contributed by atoms with van der Waals surface area (Å²) in [7, 11) is 0. The van der Waals surface area contributed by atoms with E-state index in [2.05, 4.69) is 25.3 Å². The molecule has 8 nitrogen and oxygen atoms in total. The summed E-state index contributed by atoms with van der Waals surface area (Å²) >= 11 is 0. The number of nitrogens with one attached hydrogen (secondary N) is 1. The Labute approximate surface area is 207 Å². The lowest BCUT2D eigenvalue weighted by Crippen LogP contribution is -2.00. The third kappa shape index (κ3) is 5.12. The van der Waals surface area contributed by atoms with Gasteiger partial charge < -0.3 is 15.2 Å². The van der Waals surface area contributed by atoms with Gasteiger partial charge in [0.25, 0.3) is 0 Å². The number of rotatable bonds is 7. The quantitative estimate of drug-likeness (QED) is 0.300. The molecular weight excluding hydrogens is 454 g/mol. The Balaban J connectivity index is 1.33. The van der Waals surface area contributed by atoms with E-state index in [-0.39, 0.29) is 5.56 Å². The number of anilines is 2. The van der Waals surface area contributed by atoms with Crippen molar-refractivity contribution in [3.8, 4) is 11.5 Å². The molecule has 0 fully saturated rings. The molecule has 0 saturated carbocycles. The summed E-state index contributed by atoms with van der Waals surface area (Å²) in [5, 5.41) is 12.4. The van der Waals surface area contributed by atoms with Gasteiger partial charge in [0.05, 0.1) is 17.3 Å². The first-order valence-corrected chi connectivity index (χ1v) is 11.3. The van der Waals surface area contributed by atoms with Crippen LogP contribution >= 0.6 is 0 Å². The lowest BCUT2D eigenvalue weighted by atomic mass is 10.0. The Morgan fingerprint density at radius 1 is 0.889 bits per heavy atom. The van der Waals surface area contributed by atoms with Crippen LogP contribution in [0.2, 0.25) is 0 Å². The van der Waals surface area contributed by atoms with E-state index < -0.39 is 5.97 Å². The van der Waals surface area contributed by atoms with E-state index in [1.54, 1.807) is 24.5 Å². The number of nitrogens with zero attached hydrogens (tertiary/aromatic N) is 4. The van der Waals surface area contributed by atoms with Crippen LogP contribution in [-0.4, -0.2) is 31.0 Å². The molecule has 0 saturated heterocycles. The summed E-state index contributed by atoms with van der Waals surface area (Å²) in [5.74, 6) is 1.10. The fourth-order valence-electron chi connectivity index (χ4n) is 3.79. The van der Waals surface area contributed by atoms with Gasteiger partial charge in [0.15, 0.2) is 5.82 Å². The normalized spacial score (nSPS) is 10.8. The molecule has 0 aliphatic heterocycles. The van der Waals surface area contributed by atoms with Gasteiger partial charge in [0.2, 0.25) is 0 Å². The zero-order chi connectivity index (χ0) is 25.1. The van der Waals surface area contributed by atoms with Crippen molar-refractivity contribution in [2.45, 2.75) is 20.3 Å². The van der Waals surface area contributed by atoms with E-state index >= 15 is 0 Å². The summed E-state index contributed by atoms with van der Waals surface area (Å²) in [6.07, 6.45) is 5.62. The first-order chi connectivity index (χ1) is 17.4. The standard InChI is InChI=1S/C28H23N5O3/c1-17-11-22(8-10-25(17)36-23-9-3-18(2)29-15-23)33-27-26-24(31-16-32-27)13-20(14-30-26)12-19-4-6-21(7-5-19)28(34)35/h3-11,13-16H,12H2,1-2H3,(H,34,35)(H,31,32,33). The fraction of sp³-hybridized carbons (Fsp3) is 0.107. The average molecular weight is 478 g/mol. The van der Waals surface area contributed by atoms with Crippen LogP contribution in [0.3, 0.4) is 0 Å². The molecule has 0 aliphatic rings. The predicted octanol–water partition coefficient (Wildman–Crippen LogP) is 5.86. The summed E-state index contributed by atoms with van der Waals surface area (Å²) in [5.41, 5.74) is 6.36. The Morgan fingerprint density at radius 2 is 1.72 bits per heavy atom. The number of aryl methyl sites for hydroxylation is 2. The largest absolute Gasteiger partial charge is 0.478 e. The number of hydrogen-bond donors (Lipinski definition) is 2. The van der Waals surface area contributed by atoms with E-state index in [4.69, 9.17) is 9.84 Å². The monoisotopic (exact) mass is 477 g/mol. The zero-order valence-electron chi connectivity index (χ0n) is 19.8. The average Bonchev–Trinajstić information content (AvgIpc) is 2.87. The minimum atomic E-state index is -0.938. The summed E-state index contributed by atoms with van der Waals surface area (Å²) in [6.45, 7) is 3.91. The molecule has 3 heterocycles. The Kier molecular flexibility index (Phi) is 6.23. The van der Waals surface area contributed by atoms with E-state index in [1.165, 1.54) is 6.33 Å². The van der Waals surface area contributed by atoms with Crippen molar-refractivity contribution >= 4 is 28.5 Å². The molecule has 2 N–H and O–H groups in total. The van der Waals surface area contributed by atoms with Crippen LogP contribution in [0, 0.1) is 13.8 Å². The van der Waals surface area contributed by atoms with Crippen molar-refractivity contribution in [2.24, 2.45) is 0 Å². The molecule has 3 aromatic heterocycles. The molecule has 0 atom stereocenters. The summed E-state index contributed by atoms with van der Waals surface area (Å²) in [4.78, 5) is 28.7. The van der Waals surface area contributed by atoms with Gasteiger partial charge in [-0.1, -0.05) is 12.1 Å². The molecule has 0 unspecified atom stereocenters. The number of ether oxygens (including phenoxy) is 1. The van der Waals surface area contributed by atoms with Crippen LogP contribution < -0.4 is 10.1 Å². The minimum Gasteiger partial charge on any atom is -0.478 e. The van der Waals surface area contributed by atoms with Crippen molar-refractivity contribution in [3.63, 3.8) is 0 Å². The molecule has 2 aromatic carbocycles. The number of carboxylic acid groups (broad SMARTS) is 1. The van der Waals surface area contributed by atoms with Crippen LogP contribution in [-0.2, 0) is 6.42 Å². The van der Waals surface area contributed by atoms with Crippen molar-refractivity contribution in [3.05, 3.63) is 107 Å². The molecule has 0 bridgehead atoms. The highest BCUT2D eigenvalue weighted by Crippen LogP contribution is 2.29. The van der Waals surface area contributed by atoms with E-state index in [1.807, 2.05) is 62.4 Å². The van der Waals surface area contributed by atoms with Gasteiger partial charge in [0.1, 0.15) is 23.3 Å². The fourth-order valence-corrected chi connectivity index (χ4v) is 3.79. The number of aromatic carboxylic acids is 1. The van der Waals surface area contributed by atoms with Crippen molar-refractivity contribution in [1.29, 1.82) is 0 Å². The first-order valence-electron chi connectivity index (χ1n) is 11.3. The number of pyridine rings is 2. The van der Waals surface area contributed by atoms with Crippen molar-refractivity contribution in [1.82, 2.24) is 19.9 Å². The van der Waals surface area contributed by atoms with Crippen LogP contribution in [0.15, 0.2) is 79.4 Å². The van der Waals surface area contributed by atoms with Crippen molar-refractivity contribution < 1.29 is 14.6 Å². The molecule has 0 spiro atoms. The first kappa shape index (κ1) is 22.9. The molecule has 0 aliphatic carbocycles. The second-order valence-electron chi connectivity index (χ2n) is 8.46. The molecule has 8 heteroatoms. The Morgan fingerprint density at radius 3 is 2.44 bits per heavy atom. The van der Waals surface area contributed by atoms with Crippen LogP contribution in [0.4, 0.5) is 11.5 Å². The topological polar surface area (TPSA) is 110 Å². The van der Waals surface area contributed by atoms with Crippen LogP contribution in [0.25, 0.3) is 11.0 Å². The number of aromatic nitrogens is 4. The van der Waals surface area contributed by atoms with Gasteiger partial charge >= 0.3 is 5.97 Å². The molecule has 36 heavy (non-hydrogen) atoms. The number of benzene rings is 2. The van der Waals surface area contributed by atoms with Gasteiger partial charge in [-0.15, -0.1) is 0 Å². The predicted molar refractivity (Wildman–Crippen MR) is 137 cm³/mol. The van der Waals surface area contributed by atoms with Gasteiger partial charge in [-0.3, -0.25) is 9.97 Å². The number of hydrogen-bond acceptors (Lipinski definition) is 7. The lowest BCUT2D eigenvalue weighted by molar-refractivity contribution is 0.0697. The van der Waals surface area contributed by atoms with E-state index in [0.29, 0.717) is 23.5 Å². The number of fused-ring (bicyclic) bond motifs is 1. The van der Waals surface area contributed by atoms with E-state index in [9.17, 15) is 4.79 Å². The van der Waals surface area contributed by atoms with Gasteiger partial charge in [-0.2, -0.15) is 0 Å². The summed E-state index contributed by atoms with van der Waals surface area (Å²) in [6, 6.07) is 18.4. The minimum absolute atomic E-state index is 0.265. The Hall–Kier alpha value is -4.85. The highest BCUT2D eigenvalue weighted by Gasteiger charge is 2.10. The maximum atomic E-state index is 11.1.